The number of fused-ring (bicyclic) bond motifs is 1. The van der Waals surface area contributed by atoms with Gasteiger partial charge in [-0.1, -0.05) is 17.7 Å². The predicted molar refractivity (Wildman–Crippen MR) is 98.9 cm³/mol. The smallest absolute Gasteiger partial charge is 0.191 e. The Labute approximate surface area is 151 Å². The number of benzene rings is 1. The van der Waals surface area contributed by atoms with Crippen LogP contribution in [0.15, 0.2) is 23.2 Å². The second kappa shape index (κ2) is 7.47. The van der Waals surface area contributed by atoms with Crippen molar-refractivity contribution < 1.29 is 4.74 Å². The van der Waals surface area contributed by atoms with Gasteiger partial charge in [-0.15, -0.1) is 24.0 Å². The van der Waals surface area contributed by atoms with Crippen molar-refractivity contribution in [1.29, 1.82) is 0 Å². The molecule has 0 spiro atoms. The highest BCUT2D eigenvalue weighted by atomic mass is 127. The van der Waals surface area contributed by atoms with Gasteiger partial charge in [-0.3, -0.25) is 0 Å². The van der Waals surface area contributed by atoms with Crippen molar-refractivity contribution in [2.75, 3.05) is 26.3 Å². The molecule has 0 amide bonds. The Bertz CT molecular complexity index is 681. The van der Waals surface area contributed by atoms with Gasteiger partial charge in [-0.2, -0.15) is 0 Å². The molecule has 1 aromatic heterocycles. The van der Waals surface area contributed by atoms with Gasteiger partial charge in [0.2, 0.25) is 0 Å². The van der Waals surface area contributed by atoms with E-state index in [9.17, 15) is 0 Å². The molecule has 0 saturated carbocycles. The highest BCUT2D eigenvalue weighted by Gasteiger charge is 2.13. The van der Waals surface area contributed by atoms with Crippen LogP contribution in [0.5, 0.6) is 0 Å². The maximum Gasteiger partial charge on any atom is 0.191 e. The molecule has 0 unspecified atom stereocenters. The van der Waals surface area contributed by atoms with E-state index in [2.05, 4.69) is 9.98 Å². The van der Waals surface area contributed by atoms with Crippen LogP contribution in [0.2, 0.25) is 5.02 Å². The molecule has 22 heavy (non-hydrogen) atoms. The zero-order valence-electron chi connectivity index (χ0n) is 12.3. The van der Waals surface area contributed by atoms with E-state index in [1.165, 1.54) is 0 Å². The van der Waals surface area contributed by atoms with Crippen molar-refractivity contribution in [1.82, 2.24) is 14.5 Å². The average Bonchev–Trinajstić information content (AvgIpc) is 2.83. The van der Waals surface area contributed by atoms with Crippen LogP contribution in [0.25, 0.3) is 11.0 Å². The topological polar surface area (TPSA) is 68.7 Å². The van der Waals surface area contributed by atoms with Crippen LogP contribution in [0.1, 0.15) is 5.82 Å². The molecule has 2 heterocycles. The molecule has 0 aliphatic carbocycles. The van der Waals surface area contributed by atoms with E-state index in [0.717, 1.165) is 29.9 Å². The lowest BCUT2D eigenvalue weighted by Crippen LogP contribution is -2.44. The summed E-state index contributed by atoms with van der Waals surface area (Å²) in [4.78, 5) is 11.0. The molecule has 2 N–H and O–H groups in total. The van der Waals surface area contributed by atoms with Gasteiger partial charge in [0.05, 0.1) is 29.3 Å². The lowest BCUT2D eigenvalue weighted by Gasteiger charge is -2.27. The number of morpholine rings is 1. The van der Waals surface area contributed by atoms with E-state index in [1.54, 1.807) is 0 Å². The minimum atomic E-state index is 0. The van der Waals surface area contributed by atoms with Crippen molar-refractivity contribution in [2.45, 2.75) is 6.54 Å². The molecule has 2 aromatic rings. The Morgan fingerprint density at radius 2 is 2.14 bits per heavy atom. The molecule has 0 bridgehead atoms. The van der Waals surface area contributed by atoms with E-state index in [1.807, 2.05) is 34.7 Å². The third-order valence-electron chi connectivity index (χ3n) is 3.66. The number of ether oxygens (including phenoxy) is 1. The minimum absolute atomic E-state index is 0. The number of hydrogen-bond acceptors (Lipinski definition) is 3. The zero-order valence-corrected chi connectivity index (χ0v) is 15.4. The van der Waals surface area contributed by atoms with Crippen molar-refractivity contribution in [3.05, 3.63) is 29.0 Å². The number of nitrogens with zero attached hydrogens (tertiary/aromatic N) is 4. The number of hydrogen-bond donors (Lipinski definition) is 1. The van der Waals surface area contributed by atoms with Gasteiger partial charge in [0.15, 0.2) is 5.96 Å². The normalized spacial score (nSPS) is 15.9. The van der Waals surface area contributed by atoms with E-state index >= 15 is 0 Å². The first-order valence-electron chi connectivity index (χ1n) is 6.89. The maximum atomic E-state index is 6.22. The molecule has 1 aromatic carbocycles. The van der Waals surface area contributed by atoms with Crippen molar-refractivity contribution in [3.63, 3.8) is 0 Å². The van der Waals surface area contributed by atoms with Gasteiger partial charge in [0.1, 0.15) is 12.4 Å². The van der Waals surface area contributed by atoms with Crippen molar-refractivity contribution in [3.8, 4) is 0 Å². The van der Waals surface area contributed by atoms with Crippen LogP contribution in [0.3, 0.4) is 0 Å². The molecule has 1 saturated heterocycles. The summed E-state index contributed by atoms with van der Waals surface area (Å²) in [5, 5.41) is 0.693. The van der Waals surface area contributed by atoms with E-state index in [0.29, 0.717) is 30.7 Å². The van der Waals surface area contributed by atoms with E-state index in [-0.39, 0.29) is 24.0 Å². The SMILES string of the molecule is Cn1c(CN=C(N)N2CCOCC2)nc2cccc(Cl)c21.I. The van der Waals surface area contributed by atoms with Crippen LogP contribution in [-0.2, 0) is 18.3 Å². The number of rotatable bonds is 2. The zero-order chi connectivity index (χ0) is 14.8. The van der Waals surface area contributed by atoms with Gasteiger partial charge in [-0.25, -0.2) is 9.98 Å². The summed E-state index contributed by atoms with van der Waals surface area (Å²) in [6, 6.07) is 5.70. The number of halogens is 2. The van der Waals surface area contributed by atoms with Crippen LogP contribution in [0.4, 0.5) is 0 Å². The predicted octanol–water partition coefficient (Wildman–Crippen LogP) is 1.99. The molecule has 1 aliphatic heterocycles. The molecule has 3 rings (SSSR count). The number of aliphatic imine (C=N–C) groups is 1. The first-order valence-corrected chi connectivity index (χ1v) is 7.27. The molecule has 8 heteroatoms. The van der Waals surface area contributed by atoms with Crippen LogP contribution >= 0.6 is 35.6 Å². The molecule has 1 fully saturated rings. The van der Waals surface area contributed by atoms with Gasteiger partial charge >= 0.3 is 0 Å². The fraction of sp³-hybridized carbons (Fsp3) is 0.429. The molecule has 6 nitrogen and oxygen atoms in total. The Balaban J connectivity index is 0.00000176. The van der Waals surface area contributed by atoms with Gasteiger partial charge in [-0.05, 0) is 12.1 Å². The summed E-state index contributed by atoms with van der Waals surface area (Å²) < 4.78 is 7.27. The molecule has 1 aliphatic rings. The summed E-state index contributed by atoms with van der Waals surface area (Å²) in [5.41, 5.74) is 7.83. The number of aryl methyl sites for hydroxylation is 1. The molecular formula is C14H19ClIN5O. The summed E-state index contributed by atoms with van der Waals surface area (Å²) >= 11 is 6.22. The summed E-state index contributed by atoms with van der Waals surface area (Å²) in [6.07, 6.45) is 0. The Kier molecular flexibility index (Phi) is 5.87. The number of imidazole rings is 1. The second-order valence-electron chi connectivity index (χ2n) is 4.97. The Hall–Kier alpha value is -1.06. The van der Waals surface area contributed by atoms with Gasteiger partial charge < -0.3 is 19.9 Å². The Morgan fingerprint density at radius 3 is 2.82 bits per heavy atom. The summed E-state index contributed by atoms with van der Waals surface area (Å²) in [6.45, 7) is 3.38. The standard InChI is InChI=1S/C14H18ClN5O.HI/c1-19-12(18-11-4-2-3-10(15)13(11)19)9-17-14(16)20-5-7-21-8-6-20;/h2-4H,5-9H2,1H3,(H2,16,17);1H. The fourth-order valence-corrected chi connectivity index (χ4v) is 2.75. The highest BCUT2D eigenvalue weighted by Crippen LogP contribution is 2.23. The third-order valence-corrected chi connectivity index (χ3v) is 3.96. The molecule has 0 atom stereocenters. The fourth-order valence-electron chi connectivity index (χ4n) is 2.45. The quantitative estimate of drug-likeness (QED) is 0.445. The number of para-hydroxylation sites is 1. The lowest BCUT2D eigenvalue weighted by molar-refractivity contribution is 0.0674. The number of guanidine groups is 1. The first-order chi connectivity index (χ1) is 10.2. The summed E-state index contributed by atoms with van der Waals surface area (Å²) in [5.74, 6) is 1.38. The number of nitrogens with two attached hydrogens (primary N) is 1. The minimum Gasteiger partial charge on any atom is -0.378 e. The summed E-state index contributed by atoms with van der Waals surface area (Å²) in [7, 11) is 1.94. The monoisotopic (exact) mass is 435 g/mol. The van der Waals surface area contributed by atoms with Crippen LogP contribution < -0.4 is 5.73 Å². The Morgan fingerprint density at radius 1 is 1.41 bits per heavy atom. The largest absolute Gasteiger partial charge is 0.378 e. The first kappa shape index (κ1) is 17.3. The van der Waals surface area contributed by atoms with Crippen molar-refractivity contribution in [2.24, 2.45) is 17.8 Å². The van der Waals surface area contributed by atoms with Crippen molar-refractivity contribution >= 4 is 52.6 Å². The van der Waals surface area contributed by atoms with E-state index in [4.69, 9.17) is 22.1 Å². The molecular weight excluding hydrogens is 417 g/mol. The average molecular weight is 436 g/mol. The third kappa shape index (κ3) is 3.47. The lowest BCUT2D eigenvalue weighted by atomic mass is 10.3. The van der Waals surface area contributed by atoms with E-state index < -0.39 is 0 Å². The van der Waals surface area contributed by atoms with Crippen LogP contribution in [0, 0.1) is 0 Å². The number of aromatic nitrogens is 2. The molecule has 0 radical (unpaired) electrons. The maximum absolute atomic E-state index is 6.22. The van der Waals surface area contributed by atoms with Crippen LogP contribution in [-0.4, -0.2) is 46.7 Å². The highest BCUT2D eigenvalue weighted by molar-refractivity contribution is 14.0. The molecule has 120 valence electrons. The second-order valence-corrected chi connectivity index (χ2v) is 5.38. The van der Waals surface area contributed by atoms with Gasteiger partial charge in [0, 0.05) is 20.1 Å². The van der Waals surface area contributed by atoms with Gasteiger partial charge in [0.25, 0.3) is 0 Å².